The van der Waals surface area contributed by atoms with Crippen molar-refractivity contribution in [1.82, 2.24) is 5.32 Å². The first-order chi connectivity index (χ1) is 7.00. The third-order valence-corrected chi connectivity index (χ3v) is 3.51. The van der Waals surface area contributed by atoms with Gasteiger partial charge in [0.05, 0.1) is 0 Å². The highest BCUT2D eigenvalue weighted by molar-refractivity contribution is 5.72. The third-order valence-electron chi connectivity index (χ3n) is 3.51. The molecule has 1 rings (SSSR count). The van der Waals surface area contributed by atoms with Gasteiger partial charge >= 0.3 is 5.97 Å². The predicted molar refractivity (Wildman–Crippen MR) is 60.8 cm³/mol. The molecule has 88 valence electrons. The van der Waals surface area contributed by atoms with Gasteiger partial charge in [0.1, 0.15) is 6.04 Å². The van der Waals surface area contributed by atoms with Crippen LogP contribution in [0.5, 0.6) is 0 Å². The molecule has 3 atom stereocenters. The summed E-state index contributed by atoms with van der Waals surface area (Å²) in [7, 11) is 0. The van der Waals surface area contributed by atoms with Gasteiger partial charge in [-0.1, -0.05) is 26.7 Å². The van der Waals surface area contributed by atoms with Crippen LogP contribution in [0.25, 0.3) is 0 Å². The smallest absolute Gasteiger partial charge is 0.320 e. The number of rotatable bonds is 4. The molecule has 0 aromatic carbocycles. The standard InChI is InChI=1S/C12H23NO2/c1-8(2)10-5-4-6-11(7-10)13-9(3)12(14)15/h8-11,13H,4-7H2,1-3H3,(H,14,15). The van der Waals surface area contributed by atoms with Gasteiger partial charge in [-0.15, -0.1) is 0 Å². The number of nitrogens with one attached hydrogen (secondary N) is 1. The van der Waals surface area contributed by atoms with Crippen LogP contribution in [0.15, 0.2) is 0 Å². The summed E-state index contributed by atoms with van der Waals surface area (Å²) >= 11 is 0. The van der Waals surface area contributed by atoms with Gasteiger partial charge in [0.2, 0.25) is 0 Å². The van der Waals surface area contributed by atoms with Gasteiger partial charge < -0.3 is 10.4 Å². The molecule has 0 amide bonds. The van der Waals surface area contributed by atoms with E-state index in [9.17, 15) is 4.79 Å². The van der Waals surface area contributed by atoms with Gasteiger partial charge in [0.25, 0.3) is 0 Å². The summed E-state index contributed by atoms with van der Waals surface area (Å²) in [6, 6.07) is -0.0156. The van der Waals surface area contributed by atoms with E-state index in [4.69, 9.17) is 5.11 Å². The predicted octanol–water partition coefficient (Wildman–Crippen LogP) is 2.26. The average molecular weight is 213 g/mol. The van der Waals surface area contributed by atoms with Crippen molar-refractivity contribution < 1.29 is 9.90 Å². The fraction of sp³-hybridized carbons (Fsp3) is 0.917. The van der Waals surface area contributed by atoms with Crippen molar-refractivity contribution in [2.45, 2.75) is 58.5 Å². The average Bonchev–Trinajstić information content (AvgIpc) is 2.18. The van der Waals surface area contributed by atoms with E-state index in [1.165, 1.54) is 12.8 Å². The molecular weight excluding hydrogens is 190 g/mol. The van der Waals surface area contributed by atoms with Gasteiger partial charge in [-0.25, -0.2) is 0 Å². The highest BCUT2D eigenvalue weighted by Gasteiger charge is 2.26. The molecule has 2 N–H and O–H groups in total. The van der Waals surface area contributed by atoms with Gasteiger partial charge in [-0.3, -0.25) is 4.79 Å². The Labute approximate surface area is 92.3 Å². The van der Waals surface area contributed by atoms with Gasteiger partial charge in [0, 0.05) is 6.04 Å². The van der Waals surface area contributed by atoms with E-state index in [1.54, 1.807) is 6.92 Å². The minimum absolute atomic E-state index is 0.400. The van der Waals surface area contributed by atoms with Crippen LogP contribution < -0.4 is 5.32 Å². The summed E-state index contributed by atoms with van der Waals surface area (Å²) in [4.78, 5) is 10.7. The molecule has 0 aliphatic heterocycles. The summed E-state index contributed by atoms with van der Waals surface area (Å²) in [5.74, 6) is 0.730. The fourth-order valence-corrected chi connectivity index (χ4v) is 2.41. The fourth-order valence-electron chi connectivity index (χ4n) is 2.41. The van der Waals surface area contributed by atoms with Crippen molar-refractivity contribution in [3.8, 4) is 0 Å². The Bertz CT molecular complexity index is 216. The molecule has 0 bridgehead atoms. The molecule has 1 saturated carbocycles. The minimum atomic E-state index is -0.748. The number of aliphatic carboxylic acids is 1. The third kappa shape index (κ3) is 3.82. The molecular formula is C12H23NO2. The number of carboxylic acids is 1. The Morgan fingerprint density at radius 3 is 2.53 bits per heavy atom. The lowest BCUT2D eigenvalue weighted by atomic mass is 9.79. The van der Waals surface area contributed by atoms with E-state index >= 15 is 0 Å². The Balaban J connectivity index is 2.39. The summed E-state index contributed by atoms with van der Waals surface area (Å²) in [5.41, 5.74) is 0. The Hall–Kier alpha value is -0.570. The second-order valence-corrected chi connectivity index (χ2v) is 5.09. The molecule has 0 saturated heterocycles. The maximum atomic E-state index is 10.7. The summed E-state index contributed by atoms with van der Waals surface area (Å²) < 4.78 is 0. The van der Waals surface area contributed by atoms with Crippen LogP contribution >= 0.6 is 0 Å². The van der Waals surface area contributed by atoms with E-state index < -0.39 is 12.0 Å². The maximum absolute atomic E-state index is 10.7. The molecule has 0 spiro atoms. The second-order valence-electron chi connectivity index (χ2n) is 5.09. The number of carboxylic acid groups (broad SMARTS) is 1. The van der Waals surface area contributed by atoms with Crippen molar-refractivity contribution in [3.05, 3.63) is 0 Å². The van der Waals surface area contributed by atoms with Crippen LogP contribution in [0, 0.1) is 11.8 Å². The molecule has 0 heterocycles. The molecule has 1 aliphatic rings. The molecule has 0 radical (unpaired) electrons. The lowest BCUT2D eigenvalue weighted by Crippen LogP contribution is -2.44. The second kappa shape index (κ2) is 5.50. The van der Waals surface area contributed by atoms with Crippen LogP contribution in [0.1, 0.15) is 46.5 Å². The molecule has 3 heteroatoms. The topological polar surface area (TPSA) is 49.3 Å². The summed E-state index contributed by atoms with van der Waals surface area (Å²) in [5, 5.41) is 12.0. The Kier molecular flexibility index (Phi) is 4.58. The van der Waals surface area contributed by atoms with E-state index in [1.807, 2.05) is 0 Å². The molecule has 1 aliphatic carbocycles. The first-order valence-electron chi connectivity index (χ1n) is 5.99. The van der Waals surface area contributed by atoms with E-state index in [0.717, 1.165) is 24.7 Å². The van der Waals surface area contributed by atoms with Crippen LogP contribution in [0.3, 0.4) is 0 Å². The normalized spacial score (nSPS) is 29.1. The molecule has 15 heavy (non-hydrogen) atoms. The van der Waals surface area contributed by atoms with Crippen molar-refractivity contribution in [2.75, 3.05) is 0 Å². The lowest BCUT2D eigenvalue weighted by Gasteiger charge is -2.33. The summed E-state index contributed by atoms with van der Waals surface area (Å²) in [6.07, 6.45) is 4.79. The number of carbonyl (C=O) groups is 1. The van der Waals surface area contributed by atoms with Crippen molar-refractivity contribution in [3.63, 3.8) is 0 Å². The first kappa shape index (κ1) is 12.5. The molecule has 3 nitrogen and oxygen atoms in total. The quantitative estimate of drug-likeness (QED) is 0.753. The molecule has 1 fully saturated rings. The molecule has 3 unspecified atom stereocenters. The van der Waals surface area contributed by atoms with Crippen molar-refractivity contribution >= 4 is 5.97 Å². The SMILES string of the molecule is CC(NC1CCCC(C(C)C)C1)C(=O)O. The van der Waals surface area contributed by atoms with Crippen molar-refractivity contribution in [1.29, 1.82) is 0 Å². The Morgan fingerprint density at radius 2 is 2.00 bits per heavy atom. The van der Waals surface area contributed by atoms with E-state index in [0.29, 0.717) is 6.04 Å². The van der Waals surface area contributed by atoms with Crippen molar-refractivity contribution in [2.24, 2.45) is 11.8 Å². The summed E-state index contributed by atoms with van der Waals surface area (Å²) in [6.45, 7) is 6.24. The number of hydrogen-bond donors (Lipinski definition) is 2. The van der Waals surface area contributed by atoms with E-state index in [-0.39, 0.29) is 0 Å². The highest BCUT2D eigenvalue weighted by Crippen LogP contribution is 2.30. The van der Waals surface area contributed by atoms with Gasteiger partial charge in [-0.05, 0) is 31.6 Å². The zero-order valence-corrected chi connectivity index (χ0v) is 9.99. The van der Waals surface area contributed by atoms with Crippen LogP contribution in [0.4, 0.5) is 0 Å². The maximum Gasteiger partial charge on any atom is 0.320 e. The van der Waals surface area contributed by atoms with Crippen LogP contribution in [-0.2, 0) is 4.79 Å². The zero-order valence-electron chi connectivity index (χ0n) is 9.99. The minimum Gasteiger partial charge on any atom is -0.480 e. The van der Waals surface area contributed by atoms with Crippen LogP contribution in [0.2, 0.25) is 0 Å². The largest absolute Gasteiger partial charge is 0.480 e. The Morgan fingerprint density at radius 1 is 1.33 bits per heavy atom. The van der Waals surface area contributed by atoms with Gasteiger partial charge in [0.15, 0.2) is 0 Å². The highest BCUT2D eigenvalue weighted by atomic mass is 16.4. The molecule has 0 aromatic heterocycles. The van der Waals surface area contributed by atoms with Gasteiger partial charge in [-0.2, -0.15) is 0 Å². The van der Waals surface area contributed by atoms with Crippen LogP contribution in [-0.4, -0.2) is 23.2 Å². The molecule has 0 aromatic rings. The lowest BCUT2D eigenvalue weighted by molar-refractivity contribution is -0.139. The number of hydrogen-bond acceptors (Lipinski definition) is 2. The first-order valence-corrected chi connectivity index (χ1v) is 5.99. The monoisotopic (exact) mass is 213 g/mol. The van der Waals surface area contributed by atoms with E-state index in [2.05, 4.69) is 19.2 Å². The zero-order chi connectivity index (χ0) is 11.4.